The van der Waals surface area contributed by atoms with Crippen molar-refractivity contribution in [3.8, 4) is 0 Å². The molecule has 0 amide bonds. The van der Waals surface area contributed by atoms with Crippen LogP contribution in [0.5, 0.6) is 0 Å². The third-order valence-electron chi connectivity index (χ3n) is 3.03. The number of alkyl halides is 1. The first-order valence-electron chi connectivity index (χ1n) is 5.35. The Balaban J connectivity index is 2.30. The quantitative estimate of drug-likeness (QED) is 0.638. The molecule has 0 bridgehead atoms. The topological polar surface area (TPSA) is 9.23 Å². The fourth-order valence-corrected chi connectivity index (χ4v) is 2.39. The van der Waals surface area contributed by atoms with Crippen LogP contribution < -0.4 is 0 Å². The van der Waals surface area contributed by atoms with E-state index in [1.54, 1.807) is 0 Å². The molecule has 0 aromatic carbocycles. The number of halogens is 1. The van der Waals surface area contributed by atoms with Crippen molar-refractivity contribution >= 4 is 11.6 Å². The van der Waals surface area contributed by atoms with Crippen molar-refractivity contribution in [2.75, 3.05) is 5.88 Å². The maximum absolute atomic E-state index is 5.92. The zero-order valence-electron chi connectivity index (χ0n) is 8.92. The Labute approximate surface area is 86.8 Å². The maximum atomic E-state index is 5.92. The summed E-state index contributed by atoms with van der Waals surface area (Å²) in [7, 11) is 0. The molecule has 1 saturated heterocycles. The van der Waals surface area contributed by atoms with Gasteiger partial charge in [-0.25, -0.2) is 0 Å². The van der Waals surface area contributed by atoms with Gasteiger partial charge in [0.05, 0.1) is 12.2 Å². The molecule has 0 aliphatic carbocycles. The Morgan fingerprint density at radius 1 is 1.38 bits per heavy atom. The molecule has 0 N–H and O–H groups in total. The minimum atomic E-state index is 0.466. The lowest BCUT2D eigenvalue weighted by Crippen LogP contribution is -2.19. The van der Waals surface area contributed by atoms with Gasteiger partial charge in [-0.1, -0.05) is 13.8 Å². The molecule has 3 atom stereocenters. The Kier molecular flexibility index (Phi) is 4.54. The van der Waals surface area contributed by atoms with Crippen LogP contribution >= 0.6 is 11.6 Å². The van der Waals surface area contributed by atoms with Crippen LogP contribution in [0.1, 0.15) is 40.0 Å². The lowest BCUT2D eigenvalue weighted by Gasteiger charge is -2.21. The highest BCUT2D eigenvalue weighted by molar-refractivity contribution is 6.18. The van der Waals surface area contributed by atoms with E-state index in [4.69, 9.17) is 16.3 Å². The van der Waals surface area contributed by atoms with Gasteiger partial charge in [0.2, 0.25) is 0 Å². The monoisotopic (exact) mass is 204 g/mol. The second-order valence-electron chi connectivity index (χ2n) is 4.54. The predicted octanol–water partition coefficient (Wildman–Crippen LogP) is 3.46. The fraction of sp³-hybridized carbons (Fsp3) is 1.00. The van der Waals surface area contributed by atoms with Crippen LogP contribution in [-0.2, 0) is 4.74 Å². The maximum Gasteiger partial charge on any atom is 0.0582 e. The lowest BCUT2D eigenvalue weighted by atomic mass is 9.91. The highest BCUT2D eigenvalue weighted by atomic mass is 35.5. The van der Waals surface area contributed by atoms with E-state index in [0.717, 1.165) is 12.3 Å². The molecule has 0 aromatic rings. The highest BCUT2D eigenvalue weighted by Gasteiger charge is 2.25. The molecule has 3 unspecified atom stereocenters. The molecule has 1 rings (SSSR count). The summed E-state index contributed by atoms with van der Waals surface area (Å²) < 4.78 is 5.79. The van der Waals surface area contributed by atoms with Crippen LogP contribution in [0, 0.1) is 11.8 Å². The first-order chi connectivity index (χ1) is 6.13. The zero-order valence-corrected chi connectivity index (χ0v) is 9.68. The van der Waals surface area contributed by atoms with E-state index in [9.17, 15) is 0 Å². The standard InChI is InChI=1S/C11H21ClO/c1-8(2)10(7-12)6-11-5-4-9(3)13-11/h8-11H,4-7H2,1-3H3. The van der Waals surface area contributed by atoms with Gasteiger partial charge in [0.1, 0.15) is 0 Å². The van der Waals surface area contributed by atoms with Gasteiger partial charge in [0.15, 0.2) is 0 Å². The van der Waals surface area contributed by atoms with Crippen LogP contribution in [0.3, 0.4) is 0 Å². The van der Waals surface area contributed by atoms with Crippen LogP contribution in [0.25, 0.3) is 0 Å². The third kappa shape index (κ3) is 3.47. The predicted molar refractivity (Wildman–Crippen MR) is 57.2 cm³/mol. The van der Waals surface area contributed by atoms with Crippen LogP contribution in [0.4, 0.5) is 0 Å². The smallest absolute Gasteiger partial charge is 0.0582 e. The summed E-state index contributed by atoms with van der Waals surface area (Å²) in [5, 5.41) is 0. The zero-order chi connectivity index (χ0) is 9.84. The first-order valence-corrected chi connectivity index (χ1v) is 5.88. The van der Waals surface area contributed by atoms with E-state index in [-0.39, 0.29) is 0 Å². The normalized spacial score (nSPS) is 31.2. The largest absolute Gasteiger partial charge is 0.375 e. The molecule has 1 heterocycles. The van der Waals surface area contributed by atoms with Gasteiger partial charge >= 0.3 is 0 Å². The summed E-state index contributed by atoms with van der Waals surface area (Å²) in [6.07, 6.45) is 4.53. The van der Waals surface area contributed by atoms with Crippen molar-refractivity contribution in [2.24, 2.45) is 11.8 Å². The molecule has 0 saturated carbocycles. The van der Waals surface area contributed by atoms with Crippen molar-refractivity contribution in [3.05, 3.63) is 0 Å². The average Bonchev–Trinajstić information content (AvgIpc) is 2.46. The number of hydrogen-bond acceptors (Lipinski definition) is 1. The second-order valence-corrected chi connectivity index (χ2v) is 4.85. The van der Waals surface area contributed by atoms with Gasteiger partial charge in [-0.2, -0.15) is 0 Å². The second kappa shape index (κ2) is 5.21. The van der Waals surface area contributed by atoms with Gasteiger partial charge in [-0.3, -0.25) is 0 Å². The van der Waals surface area contributed by atoms with E-state index in [2.05, 4.69) is 20.8 Å². The Morgan fingerprint density at radius 3 is 2.46 bits per heavy atom. The summed E-state index contributed by atoms with van der Waals surface area (Å²) in [6, 6.07) is 0. The molecule has 13 heavy (non-hydrogen) atoms. The molecule has 0 aromatic heterocycles. The highest BCUT2D eigenvalue weighted by Crippen LogP contribution is 2.28. The minimum absolute atomic E-state index is 0.466. The summed E-state index contributed by atoms with van der Waals surface area (Å²) in [6.45, 7) is 6.64. The third-order valence-corrected chi connectivity index (χ3v) is 3.42. The van der Waals surface area contributed by atoms with Crippen molar-refractivity contribution in [2.45, 2.75) is 52.2 Å². The van der Waals surface area contributed by atoms with Gasteiger partial charge in [0.25, 0.3) is 0 Å². The molecule has 1 aliphatic rings. The summed E-state index contributed by atoms with van der Waals surface area (Å²) in [5.41, 5.74) is 0. The lowest BCUT2D eigenvalue weighted by molar-refractivity contribution is 0.0385. The Hall–Kier alpha value is 0.250. The molecule has 1 nitrogen and oxygen atoms in total. The number of hydrogen-bond donors (Lipinski definition) is 0. The molecule has 0 spiro atoms. The molecule has 2 heteroatoms. The Bertz CT molecular complexity index is 147. The van der Waals surface area contributed by atoms with E-state index in [1.807, 2.05) is 0 Å². The SMILES string of the molecule is CC1CCC(CC(CCl)C(C)C)O1. The van der Waals surface area contributed by atoms with Crippen molar-refractivity contribution in [1.82, 2.24) is 0 Å². The van der Waals surface area contributed by atoms with Crippen LogP contribution in [0.15, 0.2) is 0 Å². The fourth-order valence-electron chi connectivity index (χ4n) is 1.91. The van der Waals surface area contributed by atoms with Gasteiger partial charge in [0, 0.05) is 5.88 Å². The first kappa shape index (κ1) is 11.3. The molecule has 0 radical (unpaired) electrons. The number of ether oxygens (including phenoxy) is 1. The van der Waals surface area contributed by atoms with Gasteiger partial charge in [-0.05, 0) is 38.0 Å². The molecular weight excluding hydrogens is 184 g/mol. The Morgan fingerprint density at radius 2 is 2.08 bits per heavy atom. The van der Waals surface area contributed by atoms with Gasteiger partial charge in [-0.15, -0.1) is 11.6 Å². The molecule has 78 valence electrons. The van der Waals surface area contributed by atoms with E-state index >= 15 is 0 Å². The van der Waals surface area contributed by atoms with E-state index < -0.39 is 0 Å². The summed E-state index contributed by atoms with van der Waals surface area (Å²) in [5.74, 6) is 2.07. The van der Waals surface area contributed by atoms with E-state index in [1.165, 1.54) is 12.8 Å². The van der Waals surface area contributed by atoms with Crippen LogP contribution in [-0.4, -0.2) is 18.1 Å². The van der Waals surface area contributed by atoms with Crippen LogP contribution in [0.2, 0.25) is 0 Å². The summed E-state index contributed by atoms with van der Waals surface area (Å²) in [4.78, 5) is 0. The number of rotatable bonds is 4. The molecular formula is C11H21ClO. The van der Waals surface area contributed by atoms with E-state index in [0.29, 0.717) is 24.0 Å². The average molecular weight is 205 g/mol. The van der Waals surface area contributed by atoms with Crippen molar-refractivity contribution in [3.63, 3.8) is 0 Å². The summed E-state index contributed by atoms with van der Waals surface area (Å²) >= 11 is 5.92. The molecule has 1 fully saturated rings. The van der Waals surface area contributed by atoms with Crippen molar-refractivity contribution < 1.29 is 4.74 Å². The minimum Gasteiger partial charge on any atom is -0.375 e. The van der Waals surface area contributed by atoms with Gasteiger partial charge < -0.3 is 4.74 Å². The molecule has 1 aliphatic heterocycles. The van der Waals surface area contributed by atoms with Crippen molar-refractivity contribution in [1.29, 1.82) is 0 Å².